The average Bonchev–Trinajstić information content (AvgIpc) is 3.27. The van der Waals surface area contributed by atoms with Gasteiger partial charge in [0.2, 0.25) is 12.7 Å². The van der Waals surface area contributed by atoms with Gasteiger partial charge in [0.25, 0.3) is 5.91 Å². The second kappa shape index (κ2) is 9.51. The summed E-state index contributed by atoms with van der Waals surface area (Å²) in [5, 5.41) is 2.97. The third-order valence-corrected chi connectivity index (χ3v) is 6.20. The number of ether oxygens (including phenoxy) is 2. The van der Waals surface area contributed by atoms with Gasteiger partial charge in [0.1, 0.15) is 0 Å². The molecule has 7 heteroatoms. The lowest BCUT2D eigenvalue weighted by Gasteiger charge is -2.32. The second-order valence-corrected chi connectivity index (χ2v) is 8.55. The number of carbonyl (C=O) groups is 2. The zero-order valence-electron chi connectivity index (χ0n) is 19.0. The predicted octanol–water partition coefficient (Wildman–Crippen LogP) is 4.14. The van der Waals surface area contributed by atoms with Crippen molar-refractivity contribution >= 4 is 23.2 Å². The number of amides is 2. The lowest BCUT2D eigenvalue weighted by molar-refractivity contribution is -0.121. The van der Waals surface area contributed by atoms with Crippen molar-refractivity contribution in [2.24, 2.45) is 5.92 Å². The molecule has 0 saturated carbocycles. The fourth-order valence-electron chi connectivity index (χ4n) is 4.39. The first kappa shape index (κ1) is 22.0. The summed E-state index contributed by atoms with van der Waals surface area (Å²) in [6.45, 7) is 8.74. The highest BCUT2D eigenvalue weighted by atomic mass is 16.7. The van der Waals surface area contributed by atoms with Crippen molar-refractivity contribution in [3.05, 3.63) is 48.0 Å². The molecule has 1 saturated heterocycles. The zero-order chi connectivity index (χ0) is 22.7. The number of fused-ring (bicyclic) bond motifs is 1. The zero-order valence-corrected chi connectivity index (χ0v) is 19.0. The van der Waals surface area contributed by atoms with Gasteiger partial charge < -0.3 is 24.6 Å². The molecule has 2 aliphatic heterocycles. The molecule has 0 spiro atoms. The normalized spacial score (nSPS) is 15.7. The molecular formula is C25H31N3O4. The maximum atomic E-state index is 12.9. The topological polar surface area (TPSA) is 71.1 Å². The minimum absolute atomic E-state index is 0.0198. The van der Waals surface area contributed by atoms with Crippen LogP contribution in [0.4, 0.5) is 11.4 Å². The van der Waals surface area contributed by atoms with Gasteiger partial charge in [-0.15, -0.1) is 0 Å². The van der Waals surface area contributed by atoms with Gasteiger partial charge in [-0.05, 0) is 70.0 Å². The first-order valence-corrected chi connectivity index (χ1v) is 11.3. The van der Waals surface area contributed by atoms with Crippen LogP contribution < -0.4 is 19.7 Å². The molecule has 0 unspecified atom stereocenters. The van der Waals surface area contributed by atoms with E-state index in [9.17, 15) is 9.59 Å². The standard InChI is InChI=1S/C25H31N3O4/c1-4-28(17(2)3)21-8-5-19(6-9-21)25(30)27-13-11-18(12-14-27)24(29)26-20-7-10-22-23(15-20)32-16-31-22/h5-10,15,17-18H,4,11-14,16H2,1-3H3,(H,26,29). The van der Waals surface area contributed by atoms with Gasteiger partial charge in [-0.1, -0.05) is 0 Å². The van der Waals surface area contributed by atoms with Crippen molar-refractivity contribution in [1.82, 2.24) is 4.90 Å². The van der Waals surface area contributed by atoms with Crippen LogP contribution in [-0.4, -0.2) is 49.2 Å². The van der Waals surface area contributed by atoms with E-state index in [0.717, 1.165) is 12.2 Å². The summed E-state index contributed by atoms with van der Waals surface area (Å²) in [5.74, 6) is 1.22. The van der Waals surface area contributed by atoms with Gasteiger partial charge in [0.05, 0.1) is 0 Å². The van der Waals surface area contributed by atoms with Gasteiger partial charge in [-0.3, -0.25) is 9.59 Å². The minimum Gasteiger partial charge on any atom is -0.454 e. The molecule has 0 atom stereocenters. The molecule has 1 N–H and O–H groups in total. The third kappa shape index (κ3) is 4.66. The SMILES string of the molecule is CCN(c1ccc(C(=O)N2CCC(C(=O)Nc3ccc4c(c3)OCO4)CC2)cc1)C(C)C. The van der Waals surface area contributed by atoms with E-state index < -0.39 is 0 Å². The summed E-state index contributed by atoms with van der Waals surface area (Å²) in [6.07, 6.45) is 1.30. The van der Waals surface area contributed by atoms with E-state index in [-0.39, 0.29) is 24.5 Å². The molecule has 2 aromatic rings. The van der Waals surface area contributed by atoms with Gasteiger partial charge >= 0.3 is 0 Å². The Morgan fingerprint density at radius 3 is 2.41 bits per heavy atom. The van der Waals surface area contributed by atoms with Crippen molar-refractivity contribution in [3.8, 4) is 11.5 Å². The summed E-state index contributed by atoms with van der Waals surface area (Å²) in [4.78, 5) is 29.8. The van der Waals surface area contributed by atoms with Crippen LogP contribution in [0, 0.1) is 5.92 Å². The Kier molecular flexibility index (Phi) is 6.53. The quantitative estimate of drug-likeness (QED) is 0.735. The molecule has 170 valence electrons. The fraction of sp³-hybridized carbons (Fsp3) is 0.440. The van der Waals surface area contributed by atoms with Crippen LogP contribution in [0.5, 0.6) is 11.5 Å². The number of anilines is 2. The monoisotopic (exact) mass is 437 g/mol. The molecule has 0 radical (unpaired) electrons. The number of benzene rings is 2. The summed E-state index contributed by atoms with van der Waals surface area (Å²) in [5.41, 5.74) is 2.51. The molecule has 0 bridgehead atoms. The van der Waals surface area contributed by atoms with Crippen molar-refractivity contribution < 1.29 is 19.1 Å². The number of nitrogens with one attached hydrogen (secondary N) is 1. The van der Waals surface area contributed by atoms with Crippen molar-refractivity contribution in [2.75, 3.05) is 36.6 Å². The molecule has 2 aromatic carbocycles. The lowest BCUT2D eigenvalue weighted by atomic mass is 9.95. The number of carbonyl (C=O) groups excluding carboxylic acids is 2. The van der Waals surface area contributed by atoms with Gasteiger partial charge in [0, 0.05) is 54.6 Å². The molecule has 4 rings (SSSR count). The summed E-state index contributed by atoms with van der Waals surface area (Å²) < 4.78 is 10.7. The maximum absolute atomic E-state index is 12.9. The molecule has 2 heterocycles. The number of nitrogens with zero attached hydrogens (tertiary/aromatic N) is 2. The first-order chi connectivity index (χ1) is 15.5. The van der Waals surface area contributed by atoms with Crippen molar-refractivity contribution in [1.29, 1.82) is 0 Å². The number of rotatable bonds is 6. The molecule has 2 aliphatic rings. The van der Waals surface area contributed by atoms with Crippen LogP contribution in [0.1, 0.15) is 44.0 Å². The van der Waals surface area contributed by atoms with Gasteiger partial charge in [0.15, 0.2) is 11.5 Å². The van der Waals surface area contributed by atoms with Crippen molar-refractivity contribution in [3.63, 3.8) is 0 Å². The number of piperidine rings is 1. The lowest BCUT2D eigenvalue weighted by Crippen LogP contribution is -2.41. The Labute approximate surface area is 189 Å². The highest BCUT2D eigenvalue weighted by Crippen LogP contribution is 2.34. The molecule has 1 fully saturated rings. The Morgan fingerprint density at radius 1 is 1.06 bits per heavy atom. The number of hydrogen-bond acceptors (Lipinski definition) is 5. The van der Waals surface area contributed by atoms with Crippen LogP contribution in [0.2, 0.25) is 0 Å². The average molecular weight is 438 g/mol. The second-order valence-electron chi connectivity index (χ2n) is 8.55. The predicted molar refractivity (Wildman–Crippen MR) is 124 cm³/mol. The molecular weight excluding hydrogens is 406 g/mol. The number of hydrogen-bond donors (Lipinski definition) is 1. The van der Waals surface area contributed by atoms with E-state index >= 15 is 0 Å². The van der Waals surface area contributed by atoms with E-state index in [1.165, 1.54) is 0 Å². The maximum Gasteiger partial charge on any atom is 0.253 e. The largest absolute Gasteiger partial charge is 0.454 e. The highest BCUT2D eigenvalue weighted by molar-refractivity contribution is 5.95. The summed E-state index contributed by atoms with van der Waals surface area (Å²) in [6, 6.07) is 13.6. The van der Waals surface area contributed by atoms with Gasteiger partial charge in [-0.25, -0.2) is 0 Å². The highest BCUT2D eigenvalue weighted by Gasteiger charge is 2.28. The van der Waals surface area contributed by atoms with E-state index in [1.807, 2.05) is 35.2 Å². The van der Waals surface area contributed by atoms with E-state index in [4.69, 9.17) is 9.47 Å². The fourth-order valence-corrected chi connectivity index (χ4v) is 4.39. The summed E-state index contributed by atoms with van der Waals surface area (Å²) in [7, 11) is 0. The van der Waals surface area contributed by atoms with Gasteiger partial charge in [-0.2, -0.15) is 0 Å². The number of likely N-dealkylation sites (tertiary alicyclic amines) is 1. The third-order valence-electron chi connectivity index (χ3n) is 6.20. The molecule has 32 heavy (non-hydrogen) atoms. The van der Waals surface area contributed by atoms with Crippen LogP contribution in [0.25, 0.3) is 0 Å². The van der Waals surface area contributed by atoms with Crippen LogP contribution in [0.3, 0.4) is 0 Å². The van der Waals surface area contributed by atoms with Crippen LogP contribution >= 0.6 is 0 Å². The van der Waals surface area contributed by atoms with Crippen LogP contribution in [0.15, 0.2) is 42.5 Å². The summed E-state index contributed by atoms with van der Waals surface area (Å²) >= 11 is 0. The molecule has 2 amide bonds. The minimum atomic E-state index is -0.115. The van der Waals surface area contributed by atoms with E-state index in [1.54, 1.807) is 12.1 Å². The molecule has 0 aromatic heterocycles. The molecule has 7 nitrogen and oxygen atoms in total. The Hall–Kier alpha value is -3.22. The van der Waals surface area contributed by atoms with E-state index in [2.05, 4.69) is 31.0 Å². The molecule has 0 aliphatic carbocycles. The Bertz CT molecular complexity index is 966. The van der Waals surface area contributed by atoms with E-state index in [0.29, 0.717) is 54.7 Å². The first-order valence-electron chi connectivity index (χ1n) is 11.3. The Morgan fingerprint density at radius 2 is 1.75 bits per heavy atom. The van der Waals surface area contributed by atoms with Crippen LogP contribution in [-0.2, 0) is 4.79 Å². The van der Waals surface area contributed by atoms with Crippen molar-refractivity contribution in [2.45, 2.75) is 39.7 Å². The smallest absolute Gasteiger partial charge is 0.253 e. The Balaban J connectivity index is 1.31.